The van der Waals surface area contributed by atoms with Gasteiger partial charge >= 0.3 is 0 Å². The van der Waals surface area contributed by atoms with E-state index in [1.54, 1.807) is 0 Å². The van der Waals surface area contributed by atoms with Crippen molar-refractivity contribution in [1.82, 2.24) is 20.0 Å². The molecule has 1 aromatic carbocycles. The molecule has 1 fully saturated rings. The summed E-state index contributed by atoms with van der Waals surface area (Å²) in [4.78, 5) is 6.80. The molecule has 1 N–H and O–H groups in total. The van der Waals surface area contributed by atoms with Gasteiger partial charge in [0.2, 0.25) is 0 Å². The van der Waals surface area contributed by atoms with Gasteiger partial charge in [-0.2, -0.15) is 5.10 Å². The lowest BCUT2D eigenvalue weighted by Gasteiger charge is -2.32. The Kier molecular flexibility index (Phi) is 5.51. The van der Waals surface area contributed by atoms with E-state index >= 15 is 0 Å². The monoisotopic (exact) mass is 325 g/mol. The maximum atomic E-state index is 4.45. The standard InChI is InChI=1S/C19H27N5/c1-16-9-12-23(13-10-16)19(20-2)21-11-8-17-14-22-24(15-17)18-6-4-3-5-7-18/h3-7,14-16H,8-13H2,1-2H3,(H,20,21). The largest absolute Gasteiger partial charge is 0.356 e. The van der Waals surface area contributed by atoms with E-state index in [1.807, 2.05) is 36.1 Å². The number of likely N-dealkylation sites (tertiary alicyclic amines) is 1. The van der Waals surface area contributed by atoms with Gasteiger partial charge in [0, 0.05) is 32.9 Å². The van der Waals surface area contributed by atoms with Crippen LogP contribution in [0.1, 0.15) is 25.3 Å². The molecule has 5 heteroatoms. The molecule has 0 saturated carbocycles. The van der Waals surface area contributed by atoms with E-state index in [-0.39, 0.29) is 0 Å². The van der Waals surface area contributed by atoms with E-state index in [0.717, 1.165) is 43.6 Å². The van der Waals surface area contributed by atoms with Crippen molar-refractivity contribution < 1.29 is 0 Å². The summed E-state index contributed by atoms with van der Waals surface area (Å²) < 4.78 is 1.93. The summed E-state index contributed by atoms with van der Waals surface area (Å²) in [5.74, 6) is 1.86. The molecule has 0 atom stereocenters. The highest BCUT2D eigenvalue weighted by molar-refractivity contribution is 5.79. The molecule has 2 heterocycles. The number of nitrogens with zero attached hydrogens (tertiary/aromatic N) is 4. The third kappa shape index (κ3) is 4.16. The van der Waals surface area contributed by atoms with E-state index in [0.29, 0.717) is 0 Å². The van der Waals surface area contributed by atoms with Crippen molar-refractivity contribution in [1.29, 1.82) is 0 Å². The molecule has 1 saturated heterocycles. The van der Waals surface area contributed by atoms with Crippen LogP contribution in [0.2, 0.25) is 0 Å². The lowest BCUT2D eigenvalue weighted by Crippen LogP contribution is -2.45. The van der Waals surface area contributed by atoms with Crippen LogP contribution in [-0.4, -0.2) is 47.3 Å². The predicted molar refractivity (Wildman–Crippen MR) is 98.6 cm³/mol. The van der Waals surface area contributed by atoms with Gasteiger partial charge in [-0.15, -0.1) is 0 Å². The fourth-order valence-corrected chi connectivity index (χ4v) is 3.08. The van der Waals surface area contributed by atoms with Gasteiger partial charge in [-0.1, -0.05) is 25.1 Å². The average Bonchev–Trinajstić information content (AvgIpc) is 3.09. The summed E-state index contributed by atoms with van der Waals surface area (Å²) in [6.07, 6.45) is 7.49. The quantitative estimate of drug-likeness (QED) is 0.694. The molecule has 0 aliphatic carbocycles. The molecule has 5 nitrogen and oxygen atoms in total. The minimum absolute atomic E-state index is 0.836. The smallest absolute Gasteiger partial charge is 0.193 e. The minimum atomic E-state index is 0.836. The van der Waals surface area contributed by atoms with Gasteiger partial charge in [-0.3, -0.25) is 4.99 Å². The molecule has 0 spiro atoms. The number of nitrogens with one attached hydrogen (secondary N) is 1. The zero-order valence-corrected chi connectivity index (χ0v) is 14.7. The van der Waals surface area contributed by atoms with Gasteiger partial charge in [-0.05, 0) is 42.9 Å². The molecule has 0 bridgehead atoms. The normalized spacial score (nSPS) is 16.4. The second-order valence-corrected chi connectivity index (χ2v) is 6.52. The van der Waals surface area contributed by atoms with Gasteiger partial charge < -0.3 is 10.2 Å². The summed E-state index contributed by atoms with van der Waals surface area (Å²) in [6.45, 7) is 5.41. The van der Waals surface area contributed by atoms with Gasteiger partial charge in [0.1, 0.15) is 0 Å². The van der Waals surface area contributed by atoms with Crippen molar-refractivity contribution in [3.8, 4) is 5.69 Å². The maximum absolute atomic E-state index is 4.45. The van der Waals surface area contributed by atoms with Crippen molar-refractivity contribution in [2.24, 2.45) is 10.9 Å². The number of hydrogen-bond acceptors (Lipinski definition) is 2. The van der Waals surface area contributed by atoms with Crippen molar-refractivity contribution in [3.63, 3.8) is 0 Å². The maximum Gasteiger partial charge on any atom is 0.193 e. The molecule has 0 amide bonds. The third-order valence-corrected chi connectivity index (χ3v) is 4.65. The van der Waals surface area contributed by atoms with E-state index in [2.05, 4.69) is 45.6 Å². The average molecular weight is 325 g/mol. The zero-order chi connectivity index (χ0) is 16.8. The Bertz CT molecular complexity index is 653. The Labute approximate surface area is 144 Å². The highest BCUT2D eigenvalue weighted by Crippen LogP contribution is 2.15. The van der Waals surface area contributed by atoms with Crippen molar-refractivity contribution in [3.05, 3.63) is 48.3 Å². The highest BCUT2D eigenvalue weighted by atomic mass is 15.3. The van der Waals surface area contributed by atoms with E-state index in [9.17, 15) is 0 Å². The molecule has 3 rings (SSSR count). The van der Waals surface area contributed by atoms with Crippen LogP contribution in [0.4, 0.5) is 0 Å². The molecule has 1 aliphatic heterocycles. The molecule has 128 valence electrons. The lowest BCUT2D eigenvalue weighted by molar-refractivity contribution is 0.273. The van der Waals surface area contributed by atoms with Crippen LogP contribution >= 0.6 is 0 Å². The number of guanidine groups is 1. The van der Waals surface area contributed by atoms with Crippen LogP contribution < -0.4 is 5.32 Å². The molecular weight excluding hydrogens is 298 g/mol. The van der Waals surface area contributed by atoms with Crippen LogP contribution in [0.3, 0.4) is 0 Å². The first kappa shape index (κ1) is 16.6. The number of hydrogen-bond donors (Lipinski definition) is 1. The Balaban J connectivity index is 1.50. The molecule has 2 aromatic rings. The van der Waals surface area contributed by atoms with Crippen molar-refractivity contribution in [2.75, 3.05) is 26.7 Å². The molecule has 1 aliphatic rings. The predicted octanol–water partition coefficient (Wildman–Crippen LogP) is 2.72. The summed E-state index contributed by atoms with van der Waals surface area (Å²) in [7, 11) is 1.87. The van der Waals surface area contributed by atoms with Gasteiger partial charge in [-0.25, -0.2) is 4.68 Å². The van der Waals surface area contributed by atoms with E-state index in [4.69, 9.17) is 0 Å². The second-order valence-electron chi connectivity index (χ2n) is 6.52. The minimum Gasteiger partial charge on any atom is -0.356 e. The van der Waals surface area contributed by atoms with Crippen LogP contribution in [0.25, 0.3) is 5.69 Å². The molecule has 1 aromatic heterocycles. The summed E-state index contributed by atoms with van der Waals surface area (Å²) in [6, 6.07) is 10.2. The van der Waals surface area contributed by atoms with Gasteiger partial charge in [0.15, 0.2) is 5.96 Å². The SMILES string of the molecule is CN=C(NCCc1cnn(-c2ccccc2)c1)N1CCC(C)CC1. The summed E-state index contributed by atoms with van der Waals surface area (Å²) >= 11 is 0. The molecule has 0 unspecified atom stereocenters. The number of para-hydroxylation sites is 1. The molecular formula is C19H27N5. The van der Waals surface area contributed by atoms with Crippen LogP contribution in [0.5, 0.6) is 0 Å². The molecule has 0 radical (unpaired) electrons. The number of benzene rings is 1. The fraction of sp³-hybridized carbons (Fsp3) is 0.474. The number of aromatic nitrogens is 2. The second kappa shape index (κ2) is 7.99. The van der Waals surface area contributed by atoms with E-state index in [1.165, 1.54) is 18.4 Å². The third-order valence-electron chi connectivity index (χ3n) is 4.65. The Hall–Kier alpha value is -2.30. The topological polar surface area (TPSA) is 45.5 Å². The van der Waals surface area contributed by atoms with Crippen LogP contribution in [0, 0.1) is 5.92 Å². The lowest BCUT2D eigenvalue weighted by atomic mass is 10.00. The first-order chi connectivity index (χ1) is 11.8. The number of rotatable bonds is 4. The van der Waals surface area contributed by atoms with Crippen LogP contribution in [-0.2, 0) is 6.42 Å². The first-order valence-electron chi connectivity index (χ1n) is 8.81. The Morgan fingerprint density at radius 2 is 2.00 bits per heavy atom. The van der Waals surface area contributed by atoms with Crippen LogP contribution in [0.15, 0.2) is 47.7 Å². The summed E-state index contributed by atoms with van der Waals surface area (Å²) in [5.41, 5.74) is 2.32. The fourth-order valence-electron chi connectivity index (χ4n) is 3.08. The van der Waals surface area contributed by atoms with Crippen molar-refractivity contribution in [2.45, 2.75) is 26.2 Å². The zero-order valence-electron chi connectivity index (χ0n) is 14.7. The number of piperidine rings is 1. The van der Waals surface area contributed by atoms with Crippen molar-refractivity contribution >= 4 is 5.96 Å². The Morgan fingerprint density at radius 1 is 1.25 bits per heavy atom. The van der Waals surface area contributed by atoms with Gasteiger partial charge in [0.25, 0.3) is 0 Å². The Morgan fingerprint density at radius 3 is 2.71 bits per heavy atom. The first-order valence-corrected chi connectivity index (χ1v) is 8.81. The molecule has 24 heavy (non-hydrogen) atoms. The van der Waals surface area contributed by atoms with E-state index < -0.39 is 0 Å². The summed E-state index contributed by atoms with van der Waals surface area (Å²) in [5, 5.41) is 7.94. The number of aliphatic imine (C=N–C) groups is 1. The highest BCUT2D eigenvalue weighted by Gasteiger charge is 2.18. The van der Waals surface area contributed by atoms with Gasteiger partial charge in [0.05, 0.1) is 11.9 Å².